The predicted octanol–water partition coefficient (Wildman–Crippen LogP) is 2.03. The summed E-state index contributed by atoms with van der Waals surface area (Å²) in [5.41, 5.74) is 2.50. The van der Waals surface area contributed by atoms with Crippen LogP contribution in [0.3, 0.4) is 0 Å². The summed E-state index contributed by atoms with van der Waals surface area (Å²) in [7, 11) is 1.93. The molecule has 0 saturated heterocycles. The Morgan fingerprint density at radius 2 is 2.04 bits per heavy atom. The minimum atomic E-state index is -0.615. The van der Waals surface area contributed by atoms with Gasteiger partial charge in [0.25, 0.3) is 0 Å². The van der Waals surface area contributed by atoms with E-state index in [-0.39, 0.29) is 6.61 Å². The molecule has 0 amide bonds. The Hall–Kier alpha value is -2.36. The number of ether oxygens (including phenoxy) is 1. The second-order valence-corrected chi connectivity index (χ2v) is 5.60. The van der Waals surface area contributed by atoms with Crippen LogP contribution < -0.4 is 4.74 Å². The Bertz CT molecular complexity index is 654. The SMILES string of the molecule is Cc1noc(C)c1CN(C)CC(O)COc1ccc(C#N)cc1. The van der Waals surface area contributed by atoms with Crippen molar-refractivity contribution < 1.29 is 14.4 Å². The maximum absolute atomic E-state index is 10.1. The quantitative estimate of drug-likeness (QED) is 0.842. The zero-order valence-electron chi connectivity index (χ0n) is 13.6. The van der Waals surface area contributed by atoms with Crippen molar-refractivity contribution in [2.24, 2.45) is 0 Å². The van der Waals surface area contributed by atoms with Gasteiger partial charge in [-0.3, -0.25) is 4.90 Å². The van der Waals surface area contributed by atoms with Crippen molar-refractivity contribution in [3.63, 3.8) is 0 Å². The highest BCUT2D eigenvalue weighted by molar-refractivity contribution is 5.34. The van der Waals surface area contributed by atoms with E-state index in [1.54, 1.807) is 24.3 Å². The number of aromatic nitrogens is 1. The third-order valence-corrected chi connectivity index (χ3v) is 3.56. The van der Waals surface area contributed by atoms with E-state index in [0.29, 0.717) is 24.4 Å². The van der Waals surface area contributed by atoms with Crippen LogP contribution in [0, 0.1) is 25.2 Å². The summed E-state index contributed by atoms with van der Waals surface area (Å²) in [5.74, 6) is 1.44. The fourth-order valence-electron chi connectivity index (χ4n) is 2.29. The number of hydrogen-bond acceptors (Lipinski definition) is 6. The van der Waals surface area contributed by atoms with Gasteiger partial charge < -0.3 is 14.4 Å². The molecule has 0 aliphatic rings. The van der Waals surface area contributed by atoms with E-state index < -0.39 is 6.10 Å². The maximum atomic E-state index is 10.1. The number of hydrogen-bond donors (Lipinski definition) is 1. The summed E-state index contributed by atoms with van der Waals surface area (Å²) < 4.78 is 10.7. The van der Waals surface area contributed by atoms with E-state index in [4.69, 9.17) is 14.5 Å². The number of aliphatic hydroxyl groups excluding tert-OH is 1. The van der Waals surface area contributed by atoms with E-state index in [0.717, 1.165) is 17.0 Å². The average Bonchev–Trinajstić information content (AvgIpc) is 2.85. The molecule has 0 saturated carbocycles. The molecule has 0 fully saturated rings. The minimum Gasteiger partial charge on any atom is -0.491 e. The molecule has 0 aliphatic heterocycles. The second-order valence-electron chi connectivity index (χ2n) is 5.60. The Balaban J connectivity index is 1.79. The van der Waals surface area contributed by atoms with E-state index in [1.807, 2.05) is 25.8 Å². The Kier molecular flexibility index (Phi) is 5.74. The van der Waals surface area contributed by atoms with Gasteiger partial charge in [0, 0.05) is 18.7 Å². The van der Waals surface area contributed by atoms with Gasteiger partial charge in [0.1, 0.15) is 24.2 Å². The van der Waals surface area contributed by atoms with Crippen LogP contribution in [0.25, 0.3) is 0 Å². The van der Waals surface area contributed by atoms with Gasteiger partial charge in [-0.25, -0.2) is 0 Å². The zero-order chi connectivity index (χ0) is 16.8. The molecule has 23 heavy (non-hydrogen) atoms. The largest absolute Gasteiger partial charge is 0.491 e. The van der Waals surface area contributed by atoms with Gasteiger partial charge in [0.15, 0.2) is 0 Å². The lowest BCUT2D eigenvalue weighted by atomic mass is 10.2. The molecule has 6 heteroatoms. The molecule has 1 N–H and O–H groups in total. The molecule has 1 unspecified atom stereocenters. The van der Waals surface area contributed by atoms with Crippen LogP contribution in [0.5, 0.6) is 5.75 Å². The van der Waals surface area contributed by atoms with E-state index in [9.17, 15) is 5.11 Å². The molecule has 1 atom stereocenters. The van der Waals surface area contributed by atoms with Crippen LogP contribution in [0.15, 0.2) is 28.8 Å². The molecule has 2 rings (SSSR count). The minimum absolute atomic E-state index is 0.192. The number of nitriles is 1. The summed E-state index contributed by atoms with van der Waals surface area (Å²) in [4.78, 5) is 2.00. The lowest BCUT2D eigenvalue weighted by Gasteiger charge is -2.20. The summed E-state index contributed by atoms with van der Waals surface area (Å²) >= 11 is 0. The third kappa shape index (κ3) is 4.81. The average molecular weight is 315 g/mol. The fourth-order valence-corrected chi connectivity index (χ4v) is 2.29. The summed E-state index contributed by atoms with van der Waals surface area (Å²) in [5, 5.41) is 22.8. The van der Waals surface area contributed by atoms with Gasteiger partial charge in [-0.15, -0.1) is 0 Å². The number of aliphatic hydroxyl groups is 1. The van der Waals surface area contributed by atoms with Crippen LogP contribution in [0.4, 0.5) is 0 Å². The van der Waals surface area contributed by atoms with Crippen LogP contribution in [-0.4, -0.2) is 41.5 Å². The first-order valence-corrected chi connectivity index (χ1v) is 7.41. The molecular formula is C17H21N3O3. The zero-order valence-corrected chi connectivity index (χ0v) is 13.6. The summed E-state index contributed by atoms with van der Waals surface area (Å²) in [6.07, 6.45) is -0.615. The molecule has 1 aromatic heterocycles. The van der Waals surface area contributed by atoms with Gasteiger partial charge >= 0.3 is 0 Å². The molecule has 1 aromatic carbocycles. The van der Waals surface area contributed by atoms with Gasteiger partial charge in [-0.1, -0.05) is 5.16 Å². The van der Waals surface area contributed by atoms with E-state index in [1.165, 1.54) is 0 Å². The van der Waals surface area contributed by atoms with Crippen molar-refractivity contribution >= 4 is 0 Å². The van der Waals surface area contributed by atoms with Crippen molar-refractivity contribution in [3.8, 4) is 11.8 Å². The Morgan fingerprint density at radius 3 is 2.61 bits per heavy atom. The van der Waals surface area contributed by atoms with Gasteiger partial charge in [-0.05, 0) is 45.2 Å². The fraction of sp³-hybridized carbons (Fsp3) is 0.412. The van der Waals surface area contributed by atoms with Gasteiger partial charge in [-0.2, -0.15) is 5.26 Å². The van der Waals surface area contributed by atoms with Crippen molar-refractivity contribution in [2.45, 2.75) is 26.5 Å². The highest BCUT2D eigenvalue weighted by Crippen LogP contribution is 2.15. The van der Waals surface area contributed by atoms with Crippen molar-refractivity contribution in [1.29, 1.82) is 5.26 Å². The molecule has 122 valence electrons. The summed E-state index contributed by atoms with van der Waals surface area (Å²) in [6.45, 7) is 5.12. The van der Waals surface area contributed by atoms with E-state index in [2.05, 4.69) is 11.2 Å². The Labute approximate surface area is 135 Å². The van der Waals surface area contributed by atoms with E-state index >= 15 is 0 Å². The number of rotatable bonds is 7. The number of nitrogens with zero attached hydrogens (tertiary/aromatic N) is 3. The molecule has 2 aromatic rings. The normalized spacial score (nSPS) is 12.2. The molecule has 6 nitrogen and oxygen atoms in total. The van der Waals surface area contributed by atoms with Crippen molar-refractivity contribution in [1.82, 2.24) is 10.1 Å². The smallest absolute Gasteiger partial charge is 0.138 e. The molecule has 0 spiro atoms. The topological polar surface area (TPSA) is 82.5 Å². The first kappa shape index (κ1) is 17.0. The Morgan fingerprint density at radius 1 is 1.35 bits per heavy atom. The molecule has 0 aliphatic carbocycles. The molecule has 1 heterocycles. The van der Waals surface area contributed by atoms with Gasteiger partial charge in [0.2, 0.25) is 0 Å². The monoisotopic (exact) mass is 315 g/mol. The maximum Gasteiger partial charge on any atom is 0.138 e. The lowest BCUT2D eigenvalue weighted by molar-refractivity contribution is 0.0742. The van der Waals surface area contributed by atoms with Crippen molar-refractivity contribution in [3.05, 3.63) is 46.8 Å². The van der Waals surface area contributed by atoms with Crippen molar-refractivity contribution in [2.75, 3.05) is 20.2 Å². The molecular weight excluding hydrogens is 294 g/mol. The number of aryl methyl sites for hydroxylation is 2. The predicted molar refractivity (Wildman–Crippen MR) is 85.0 cm³/mol. The standard InChI is InChI=1S/C17H21N3O3/c1-12-17(13(2)23-19-12)10-20(3)9-15(21)11-22-16-6-4-14(8-18)5-7-16/h4-7,15,21H,9-11H2,1-3H3. The second kappa shape index (κ2) is 7.77. The third-order valence-electron chi connectivity index (χ3n) is 3.56. The first-order chi connectivity index (χ1) is 11.0. The highest BCUT2D eigenvalue weighted by Gasteiger charge is 2.14. The first-order valence-electron chi connectivity index (χ1n) is 7.41. The summed E-state index contributed by atoms with van der Waals surface area (Å²) in [6, 6.07) is 8.86. The van der Waals surface area contributed by atoms with Crippen LogP contribution in [0.1, 0.15) is 22.6 Å². The number of benzene rings is 1. The van der Waals surface area contributed by atoms with Crippen LogP contribution >= 0.6 is 0 Å². The van der Waals surface area contributed by atoms with Crippen LogP contribution in [-0.2, 0) is 6.54 Å². The lowest BCUT2D eigenvalue weighted by Crippen LogP contribution is -2.33. The molecule has 0 bridgehead atoms. The highest BCUT2D eigenvalue weighted by atomic mass is 16.5. The number of likely N-dealkylation sites (N-methyl/N-ethyl adjacent to an activating group) is 1. The molecule has 0 radical (unpaired) electrons. The van der Waals surface area contributed by atoms with Crippen LogP contribution in [0.2, 0.25) is 0 Å². The van der Waals surface area contributed by atoms with Gasteiger partial charge in [0.05, 0.1) is 17.3 Å².